The molecular formula is C18H25N3O3. The molecule has 6 heteroatoms. The van der Waals surface area contributed by atoms with Gasteiger partial charge in [-0.25, -0.2) is 0 Å². The highest BCUT2D eigenvalue weighted by Gasteiger charge is 2.15. The maximum atomic E-state index is 10.3. The molecule has 0 heterocycles. The van der Waals surface area contributed by atoms with Gasteiger partial charge in [-0.15, -0.1) is 0 Å². The van der Waals surface area contributed by atoms with Crippen LogP contribution in [0.5, 0.6) is 5.75 Å². The number of phenols is 1. The van der Waals surface area contributed by atoms with Crippen LogP contribution in [0.1, 0.15) is 0 Å². The van der Waals surface area contributed by atoms with E-state index < -0.39 is 0 Å². The molecule has 2 rings (SSSR count). The normalized spacial score (nSPS) is 10.8. The van der Waals surface area contributed by atoms with E-state index in [1.165, 1.54) is 6.07 Å². The van der Waals surface area contributed by atoms with E-state index in [4.69, 9.17) is 20.9 Å². The van der Waals surface area contributed by atoms with Gasteiger partial charge < -0.3 is 30.9 Å². The molecule has 0 aliphatic rings. The minimum absolute atomic E-state index is 0.125. The van der Waals surface area contributed by atoms with Gasteiger partial charge in [-0.05, 0) is 30.3 Å². The van der Waals surface area contributed by atoms with Gasteiger partial charge in [-0.2, -0.15) is 0 Å². The van der Waals surface area contributed by atoms with Gasteiger partial charge in [-0.1, -0.05) is 0 Å². The number of phenolic OH excluding ortho intramolecular Hbond substituents is 1. The number of hydrogen-bond donors (Lipinski definition) is 3. The molecule has 5 N–H and O–H groups in total. The molecule has 2 aromatic carbocycles. The van der Waals surface area contributed by atoms with Crippen LogP contribution in [0, 0.1) is 0 Å². The van der Waals surface area contributed by atoms with Crippen molar-refractivity contribution in [3.05, 3.63) is 36.4 Å². The molecule has 0 saturated heterocycles. The Kier molecular flexibility index (Phi) is 6.28. The lowest BCUT2D eigenvalue weighted by atomic mass is 10.0. The summed E-state index contributed by atoms with van der Waals surface area (Å²) < 4.78 is 10.4. The van der Waals surface area contributed by atoms with Crippen molar-refractivity contribution in [2.45, 2.75) is 0 Å². The number of methoxy groups -OCH3 is 2. The van der Waals surface area contributed by atoms with Gasteiger partial charge in [0.2, 0.25) is 0 Å². The predicted molar refractivity (Wildman–Crippen MR) is 98.3 cm³/mol. The van der Waals surface area contributed by atoms with Crippen molar-refractivity contribution >= 4 is 17.1 Å². The number of anilines is 3. The van der Waals surface area contributed by atoms with Crippen molar-refractivity contribution in [3.63, 3.8) is 0 Å². The third-order valence-corrected chi connectivity index (χ3v) is 3.80. The van der Waals surface area contributed by atoms with Crippen molar-refractivity contribution in [1.29, 1.82) is 0 Å². The summed E-state index contributed by atoms with van der Waals surface area (Å²) in [6.07, 6.45) is 0. The van der Waals surface area contributed by atoms with Crippen LogP contribution in [0.25, 0.3) is 11.1 Å². The quantitative estimate of drug-likeness (QED) is 0.643. The van der Waals surface area contributed by atoms with E-state index in [0.717, 1.165) is 11.3 Å². The van der Waals surface area contributed by atoms with E-state index in [9.17, 15) is 5.11 Å². The Hall–Kier alpha value is -2.44. The predicted octanol–water partition coefficient (Wildman–Crippen LogP) is 2.32. The first kappa shape index (κ1) is 17.9. The Morgan fingerprint density at radius 3 is 2.04 bits per heavy atom. The van der Waals surface area contributed by atoms with E-state index in [1.807, 2.05) is 18.2 Å². The van der Waals surface area contributed by atoms with E-state index in [1.54, 1.807) is 26.4 Å². The molecule has 0 bridgehead atoms. The maximum absolute atomic E-state index is 10.3. The second kappa shape index (κ2) is 8.42. The van der Waals surface area contributed by atoms with Gasteiger partial charge in [0, 0.05) is 61.6 Å². The lowest BCUT2D eigenvalue weighted by Gasteiger charge is -2.27. The number of nitrogens with zero attached hydrogens (tertiary/aromatic N) is 1. The van der Waals surface area contributed by atoms with Crippen molar-refractivity contribution in [2.75, 3.05) is 56.9 Å². The number of nitrogen functional groups attached to an aromatic ring is 2. The minimum Gasteiger partial charge on any atom is -0.507 e. The Bertz CT molecular complexity index is 669. The van der Waals surface area contributed by atoms with Crippen molar-refractivity contribution in [1.82, 2.24) is 0 Å². The van der Waals surface area contributed by atoms with E-state index >= 15 is 0 Å². The third-order valence-electron chi connectivity index (χ3n) is 3.80. The van der Waals surface area contributed by atoms with E-state index in [2.05, 4.69) is 4.90 Å². The Morgan fingerprint density at radius 1 is 0.875 bits per heavy atom. The summed E-state index contributed by atoms with van der Waals surface area (Å²) in [6.45, 7) is 2.57. The number of rotatable bonds is 8. The van der Waals surface area contributed by atoms with Gasteiger partial charge >= 0.3 is 0 Å². The fourth-order valence-electron chi connectivity index (χ4n) is 2.58. The van der Waals surface area contributed by atoms with Crippen LogP contribution in [0.4, 0.5) is 17.1 Å². The topological polar surface area (TPSA) is 94.0 Å². The van der Waals surface area contributed by atoms with Crippen LogP contribution in [0.2, 0.25) is 0 Å². The minimum atomic E-state index is 0.125. The van der Waals surface area contributed by atoms with Crippen LogP contribution in [-0.4, -0.2) is 45.6 Å². The first-order chi connectivity index (χ1) is 11.6. The zero-order chi connectivity index (χ0) is 17.5. The summed E-state index contributed by atoms with van der Waals surface area (Å²) in [4.78, 5) is 2.15. The molecular weight excluding hydrogens is 306 g/mol. The zero-order valence-corrected chi connectivity index (χ0v) is 14.2. The molecule has 6 nitrogen and oxygen atoms in total. The molecule has 130 valence electrons. The van der Waals surface area contributed by atoms with Crippen LogP contribution >= 0.6 is 0 Å². The number of ether oxygens (including phenoxy) is 2. The molecule has 0 unspecified atom stereocenters. The summed E-state index contributed by atoms with van der Waals surface area (Å²) >= 11 is 0. The molecule has 24 heavy (non-hydrogen) atoms. The standard InChI is InChI=1S/C18H25N3O3/c1-23-9-7-21(8-10-24-2)17-6-4-13(19)11-16(17)15-5-3-14(20)12-18(15)22/h3-6,11-12,22H,7-10,19-20H2,1-2H3. The second-order valence-corrected chi connectivity index (χ2v) is 5.53. The monoisotopic (exact) mass is 331 g/mol. The molecule has 0 aliphatic carbocycles. The van der Waals surface area contributed by atoms with Crippen LogP contribution < -0.4 is 16.4 Å². The Morgan fingerprint density at radius 2 is 1.46 bits per heavy atom. The first-order valence-corrected chi connectivity index (χ1v) is 7.78. The molecule has 2 aromatic rings. The van der Waals surface area contributed by atoms with Crippen molar-refractivity contribution in [3.8, 4) is 16.9 Å². The van der Waals surface area contributed by atoms with Crippen molar-refractivity contribution < 1.29 is 14.6 Å². The number of hydrogen-bond acceptors (Lipinski definition) is 6. The maximum Gasteiger partial charge on any atom is 0.125 e. The molecule has 0 radical (unpaired) electrons. The van der Waals surface area contributed by atoms with E-state index in [-0.39, 0.29) is 5.75 Å². The van der Waals surface area contributed by atoms with Gasteiger partial charge in [0.05, 0.1) is 13.2 Å². The zero-order valence-electron chi connectivity index (χ0n) is 14.2. The SMILES string of the molecule is COCCN(CCOC)c1ccc(N)cc1-c1ccc(N)cc1O. The molecule has 0 amide bonds. The summed E-state index contributed by atoms with van der Waals surface area (Å²) in [5.41, 5.74) is 15.3. The highest BCUT2D eigenvalue weighted by Crippen LogP contribution is 2.38. The first-order valence-electron chi connectivity index (χ1n) is 7.78. The Labute approximate surface area is 142 Å². The fraction of sp³-hybridized carbons (Fsp3) is 0.333. The van der Waals surface area contributed by atoms with E-state index in [0.29, 0.717) is 43.2 Å². The second-order valence-electron chi connectivity index (χ2n) is 5.53. The van der Waals surface area contributed by atoms with Crippen LogP contribution in [0.15, 0.2) is 36.4 Å². The molecule has 0 aromatic heterocycles. The van der Waals surface area contributed by atoms with Gasteiger partial charge in [0.1, 0.15) is 5.75 Å². The van der Waals surface area contributed by atoms with Gasteiger partial charge in [0.25, 0.3) is 0 Å². The highest BCUT2D eigenvalue weighted by molar-refractivity contribution is 5.85. The molecule has 0 saturated carbocycles. The average Bonchev–Trinajstić information content (AvgIpc) is 2.55. The summed E-state index contributed by atoms with van der Waals surface area (Å²) in [5.74, 6) is 0.125. The summed E-state index contributed by atoms with van der Waals surface area (Å²) in [6, 6.07) is 10.8. The molecule has 0 aliphatic heterocycles. The largest absolute Gasteiger partial charge is 0.507 e. The van der Waals surface area contributed by atoms with Crippen LogP contribution in [0.3, 0.4) is 0 Å². The fourth-order valence-corrected chi connectivity index (χ4v) is 2.58. The smallest absolute Gasteiger partial charge is 0.125 e. The lowest BCUT2D eigenvalue weighted by Crippen LogP contribution is -2.31. The van der Waals surface area contributed by atoms with Crippen molar-refractivity contribution in [2.24, 2.45) is 0 Å². The number of benzene rings is 2. The third kappa shape index (κ3) is 4.31. The Balaban J connectivity index is 2.48. The van der Waals surface area contributed by atoms with Gasteiger partial charge in [-0.3, -0.25) is 0 Å². The highest BCUT2D eigenvalue weighted by atomic mass is 16.5. The summed E-state index contributed by atoms with van der Waals surface area (Å²) in [5, 5.41) is 10.3. The average molecular weight is 331 g/mol. The lowest BCUT2D eigenvalue weighted by molar-refractivity contribution is 0.190. The number of nitrogens with two attached hydrogens (primary N) is 2. The number of aromatic hydroxyl groups is 1. The summed E-state index contributed by atoms with van der Waals surface area (Å²) in [7, 11) is 3.34. The van der Waals surface area contributed by atoms with Crippen LogP contribution in [-0.2, 0) is 9.47 Å². The van der Waals surface area contributed by atoms with Gasteiger partial charge in [0.15, 0.2) is 0 Å². The molecule has 0 atom stereocenters. The molecule has 0 fully saturated rings. The molecule has 0 spiro atoms.